The Balaban J connectivity index is 0.000000172. The second-order valence-electron chi connectivity index (χ2n) is 19.6. The highest BCUT2D eigenvalue weighted by molar-refractivity contribution is 6.70. The number of aromatic carboxylic acids is 2. The van der Waals surface area contributed by atoms with Crippen LogP contribution in [0, 0.1) is 43.9 Å². The maximum absolute atomic E-state index is 12.1. The monoisotopic (exact) mass is 1540 g/mol. The van der Waals surface area contributed by atoms with E-state index in [-0.39, 0.29) is 85.6 Å². The minimum atomic E-state index is -2.12. The summed E-state index contributed by atoms with van der Waals surface area (Å²) in [7, 11) is 0. The number of allylic oxidation sites excluding steroid dienone is 8. The van der Waals surface area contributed by atoms with Gasteiger partial charge in [0.25, 0.3) is 11.4 Å². The van der Waals surface area contributed by atoms with Gasteiger partial charge in [-0.15, -0.1) is 92.8 Å². The summed E-state index contributed by atoms with van der Waals surface area (Å²) in [6.45, 7) is 0. The number of nitrogens with zero attached hydrogens (tertiary/aromatic N) is 2. The second-order valence-corrected chi connectivity index (χ2v) is 32.7. The normalized spacial score (nSPS) is 44.3. The number of nitro benzene ring substituents is 2. The Kier molecular flexibility index (Phi) is 14.7. The van der Waals surface area contributed by atoms with E-state index in [9.17, 15) is 40.0 Å². The number of halogens is 24. The third-order valence-corrected chi connectivity index (χ3v) is 34.4. The molecule has 16 atom stereocenters. The van der Waals surface area contributed by atoms with Crippen LogP contribution in [0.4, 0.5) is 11.4 Å². The molecule has 4 fully saturated rings. The van der Waals surface area contributed by atoms with Crippen molar-refractivity contribution in [2.75, 3.05) is 0 Å². The first-order chi connectivity index (χ1) is 34.5. The number of hydrogen-bond donors (Lipinski definition) is 2. The first-order valence-corrected chi connectivity index (χ1v) is 29.9. The molecule has 10 aliphatic rings. The van der Waals surface area contributed by atoms with Crippen molar-refractivity contribution in [3.8, 4) is 0 Å². The molecule has 0 saturated heterocycles. The van der Waals surface area contributed by atoms with Crippen molar-refractivity contribution in [1.29, 1.82) is 0 Å². The molecule has 2 aromatic rings. The Labute approximate surface area is 568 Å². The molecule has 0 spiro atoms. The number of nitro groups is 2. The lowest BCUT2D eigenvalue weighted by molar-refractivity contribution is -0.385. The highest BCUT2D eigenvalue weighted by Gasteiger charge is 2.94. The van der Waals surface area contributed by atoms with Crippen LogP contribution in [0.1, 0.15) is 66.6 Å². The smallest absolute Gasteiger partial charge is 0.342 e. The number of carboxylic acids is 2. The fourth-order valence-corrected chi connectivity index (χ4v) is 26.6. The Morgan fingerprint density at radius 3 is 0.701 bits per heavy atom. The predicted molar refractivity (Wildman–Crippen MR) is 312 cm³/mol. The Bertz CT molecular complexity index is 2990. The van der Waals surface area contributed by atoms with E-state index in [0.29, 0.717) is 0 Å². The summed E-state index contributed by atoms with van der Waals surface area (Å²) < 4.78 is -8.46. The van der Waals surface area contributed by atoms with Crippen LogP contribution in [0.3, 0.4) is 0 Å². The Morgan fingerprint density at radius 2 is 0.532 bits per heavy atom. The van der Waals surface area contributed by atoms with Gasteiger partial charge in [0.05, 0.1) is 50.1 Å². The second kappa shape index (κ2) is 18.0. The molecule has 12 rings (SSSR count). The number of fused-ring (bicyclic) bond motifs is 28. The van der Waals surface area contributed by atoms with Gasteiger partial charge in [-0.3, -0.25) is 20.2 Å². The van der Waals surface area contributed by atoms with Crippen molar-refractivity contribution in [3.63, 3.8) is 0 Å². The fraction of sp³-hybridized carbons (Fsp3) is 0.476. The van der Waals surface area contributed by atoms with Crippen molar-refractivity contribution in [2.45, 2.75) is 80.0 Å². The van der Waals surface area contributed by atoms with Crippen LogP contribution in [-0.2, 0) is 0 Å². The van der Waals surface area contributed by atoms with Crippen LogP contribution in [0.5, 0.6) is 0 Å². The maximum Gasteiger partial charge on any atom is 0.342 e. The van der Waals surface area contributed by atoms with Gasteiger partial charge >= 0.3 is 11.9 Å². The van der Waals surface area contributed by atoms with Gasteiger partial charge in [-0.2, -0.15) is 0 Å². The van der Waals surface area contributed by atoms with Crippen molar-refractivity contribution in [1.82, 2.24) is 0 Å². The number of benzene rings is 2. The molecule has 0 aromatic heterocycles. The van der Waals surface area contributed by atoms with Gasteiger partial charge in [-0.25, -0.2) is 9.59 Å². The third-order valence-electron chi connectivity index (χ3n) is 17.3. The molecule has 2 aromatic carbocycles. The van der Waals surface area contributed by atoms with Crippen LogP contribution in [0.15, 0.2) is 64.5 Å². The number of alkyl halides is 16. The molecule has 2 N–H and O–H groups in total. The highest BCUT2D eigenvalue weighted by atomic mass is 35.6. The van der Waals surface area contributed by atoms with E-state index in [1.165, 1.54) is 0 Å². The van der Waals surface area contributed by atoms with E-state index in [4.69, 9.17) is 278 Å². The lowest BCUT2D eigenvalue weighted by Gasteiger charge is -2.52. The molecule has 8 bridgehead atoms. The average molecular weight is 1550 g/mol. The van der Waals surface area contributed by atoms with Gasteiger partial charge in [0.2, 0.25) is 0 Å². The van der Waals surface area contributed by atoms with E-state index in [2.05, 4.69) is 0 Å². The quantitative estimate of drug-likeness (QED) is 0.132. The zero-order valence-corrected chi connectivity index (χ0v) is 55.5. The van der Waals surface area contributed by atoms with E-state index < -0.39 is 148 Å². The first kappa shape index (κ1) is 62.9. The van der Waals surface area contributed by atoms with Gasteiger partial charge in [0, 0.05) is 82.5 Å². The minimum Gasteiger partial charge on any atom is -0.477 e. The van der Waals surface area contributed by atoms with Crippen LogP contribution in [0.25, 0.3) is 0 Å². The van der Waals surface area contributed by atoms with Crippen molar-refractivity contribution in [3.05, 3.63) is 118 Å². The van der Waals surface area contributed by atoms with Crippen LogP contribution >= 0.6 is 278 Å². The van der Waals surface area contributed by atoms with Crippen LogP contribution in [0.2, 0.25) is 0 Å². The maximum atomic E-state index is 12.1. The summed E-state index contributed by atoms with van der Waals surface area (Å²) in [6, 6.07) is 4.28. The molecule has 0 amide bonds. The highest BCUT2D eigenvalue weighted by Crippen LogP contribution is 2.91. The zero-order valence-electron chi connectivity index (χ0n) is 35.9. The third kappa shape index (κ3) is 6.17. The molecular weight excluding hydrogens is 1540 g/mol. The van der Waals surface area contributed by atoms with Gasteiger partial charge in [0.15, 0.2) is 17.3 Å². The summed E-state index contributed by atoms with van der Waals surface area (Å²) in [5.41, 5.74) is -2.19. The number of carboxylic acid groups (broad SMARTS) is 2. The summed E-state index contributed by atoms with van der Waals surface area (Å²) >= 11 is 166. The van der Waals surface area contributed by atoms with E-state index in [1.807, 2.05) is 0 Å². The fourth-order valence-electron chi connectivity index (χ4n) is 14.5. The van der Waals surface area contributed by atoms with Gasteiger partial charge < -0.3 is 10.2 Å². The molecule has 2 radical (unpaired) electrons. The topological polar surface area (TPSA) is 161 Å². The molecule has 77 heavy (non-hydrogen) atoms. The Morgan fingerprint density at radius 1 is 0.364 bits per heavy atom. The van der Waals surface area contributed by atoms with E-state index >= 15 is 0 Å². The molecule has 16 unspecified atom stereocenters. The SMILES string of the molecule is O=C(O)c1cc2c(cc1[N+](=O)[O-])C1C(C3C2C2(Cl)C(Cl)=C(Cl)C3(Cl)C2(Cl)Cl)C2(Cl)C(Cl)=C(Cl)C1(Cl)C2(Cl)Cl.O=C(O)c1cc2c(cc1[N+](=O)[O-])C1C(C3C2C2(Cl)C(Cl)=C(Cl)C3(Cl)C2(Cl)Cl)C2(Cl)C(Cl)=C(Cl)C1(Cl)C2(Cl)Cl.[Mg]. The molecule has 0 heterocycles. The number of hydrogen-bond acceptors (Lipinski definition) is 6. The molecule has 10 aliphatic carbocycles. The average Bonchev–Trinajstić information content (AvgIpc) is 4.09. The molecular formula is C42H14Cl24MgN2O8. The van der Waals surface area contributed by atoms with Crippen LogP contribution in [-0.4, -0.2) is 111 Å². The lowest BCUT2D eigenvalue weighted by atomic mass is 9.57. The number of rotatable bonds is 4. The van der Waals surface area contributed by atoms with Crippen molar-refractivity contribution < 1.29 is 29.6 Å². The zero-order chi connectivity index (χ0) is 57.0. The van der Waals surface area contributed by atoms with Gasteiger partial charge in [-0.1, -0.05) is 186 Å². The molecule has 0 aliphatic heterocycles. The van der Waals surface area contributed by atoms with Crippen LogP contribution < -0.4 is 0 Å². The van der Waals surface area contributed by atoms with Crippen molar-refractivity contribution in [2.24, 2.45) is 23.7 Å². The van der Waals surface area contributed by atoms with Gasteiger partial charge in [-0.05, 0) is 34.4 Å². The standard InChI is InChI=1S/2C21H7Cl12NO4.Mg/c2*22-11-13(24)18(28)9-7(16(11,26)20(18,30)31)3-1-5(15(35)36)6(34(37)38)2-4(3)8-10(9)19(29)14(25)12(23)17(8,27)21(19,32)33;/h2*1-2,7-10H,(H,35,36);. The molecule has 10 nitrogen and oxygen atoms in total. The van der Waals surface area contributed by atoms with Crippen molar-refractivity contribution >= 4 is 325 Å². The largest absolute Gasteiger partial charge is 0.477 e. The molecule has 410 valence electrons. The predicted octanol–water partition coefficient (Wildman–Crippen LogP) is 18.4. The summed E-state index contributed by atoms with van der Waals surface area (Å²) in [5, 5.41) is 42.2. The van der Waals surface area contributed by atoms with E-state index in [1.54, 1.807) is 0 Å². The summed E-state index contributed by atoms with van der Waals surface area (Å²) in [5.74, 6) is -11.9. The molecule has 4 saturated carbocycles. The minimum absolute atomic E-state index is 0. The Hall–Kier alpha value is 2.87. The van der Waals surface area contributed by atoms with E-state index in [0.717, 1.165) is 24.3 Å². The first-order valence-electron chi connectivity index (χ1n) is 20.8. The summed E-state index contributed by atoms with van der Waals surface area (Å²) in [6.07, 6.45) is 0. The lowest BCUT2D eigenvalue weighted by Crippen LogP contribution is -2.53. The molecule has 35 heteroatoms. The summed E-state index contributed by atoms with van der Waals surface area (Å²) in [4.78, 5) is 30.9. The number of carbonyl (C=O) groups is 2. The van der Waals surface area contributed by atoms with Gasteiger partial charge in [0.1, 0.15) is 50.1 Å².